The molecule has 3 rings (SSSR count). The lowest BCUT2D eigenvalue weighted by Crippen LogP contribution is -2.12. The third kappa shape index (κ3) is 2.76. The summed E-state index contributed by atoms with van der Waals surface area (Å²) in [6, 6.07) is 10.7. The van der Waals surface area contributed by atoms with Crippen molar-refractivity contribution in [3.05, 3.63) is 63.9 Å². The van der Waals surface area contributed by atoms with Crippen molar-refractivity contribution < 1.29 is 9.50 Å². The molecule has 0 radical (unpaired) electrons. The standard InChI is InChI=1S/C17H17ClFNO/c1-20-8-7-11-9-12(5-6-15(11)20)16(21)10-13-3-2-4-14(19)17(13)18/h2-6,9,16,21H,7-8,10H2,1H3. The van der Waals surface area contributed by atoms with Crippen LogP contribution in [-0.4, -0.2) is 18.7 Å². The Morgan fingerprint density at radius 3 is 2.95 bits per heavy atom. The predicted octanol–water partition coefficient (Wildman–Crippen LogP) is 3.75. The highest BCUT2D eigenvalue weighted by Gasteiger charge is 2.19. The summed E-state index contributed by atoms with van der Waals surface area (Å²) in [5.74, 6) is -0.447. The molecule has 0 bridgehead atoms. The van der Waals surface area contributed by atoms with Gasteiger partial charge in [0.2, 0.25) is 0 Å². The molecule has 0 spiro atoms. The Kier molecular flexibility index (Phi) is 3.87. The van der Waals surface area contributed by atoms with Crippen LogP contribution in [0.3, 0.4) is 0 Å². The SMILES string of the molecule is CN1CCc2cc(C(O)Cc3cccc(F)c3Cl)ccc21. The third-order valence-corrected chi connectivity index (χ3v) is 4.48. The highest BCUT2D eigenvalue weighted by molar-refractivity contribution is 6.31. The Bertz CT molecular complexity index is 674. The van der Waals surface area contributed by atoms with Crippen molar-refractivity contribution in [2.24, 2.45) is 0 Å². The molecule has 1 unspecified atom stereocenters. The number of rotatable bonds is 3. The minimum absolute atomic E-state index is 0.0949. The molecule has 0 saturated carbocycles. The van der Waals surface area contributed by atoms with Crippen molar-refractivity contribution in [3.63, 3.8) is 0 Å². The smallest absolute Gasteiger partial charge is 0.142 e. The van der Waals surface area contributed by atoms with Crippen molar-refractivity contribution >= 4 is 17.3 Å². The first-order chi connectivity index (χ1) is 10.1. The van der Waals surface area contributed by atoms with Crippen LogP contribution in [0.4, 0.5) is 10.1 Å². The summed E-state index contributed by atoms with van der Waals surface area (Å²) in [5.41, 5.74) is 3.94. The molecule has 110 valence electrons. The zero-order valence-electron chi connectivity index (χ0n) is 11.8. The molecule has 1 atom stereocenters. The highest BCUT2D eigenvalue weighted by Crippen LogP contribution is 2.31. The topological polar surface area (TPSA) is 23.5 Å². The van der Waals surface area contributed by atoms with Crippen LogP contribution in [0.5, 0.6) is 0 Å². The van der Waals surface area contributed by atoms with Crippen LogP contribution in [0.2, 0.25) is 5.02 Å². The summed E-state index contributed by atoms with van der Waals surface area (Å²) in [7, 11) is 2.06. The summed E-state index contributed by atoms with van der Waals surface area (Å²) < 4.78 is 13.4. The molecule has 1 aliphatic rings. The van der Waals surface area contributed by atoms with E-state index < -0.39 is 11.9 Å². The number of anilines is 1. The van der Waals surface area contributed by atoms with Gasteiger partial charge in [-0.1, -0.05) is 35.9 Å². The van der Waals surface area contributed by atoms with Gasteiger partial charge in [0, 0.05) is 25.7 Å². The average molecular weight is 306 g/mol. The van der Waals surface area contributed by atoms with E-state index in [0.29, 0.717) is 12.0 Å². The van der Waals surface area contributed by atoms with E-state index in [0.717, 1.165) is 18.5 Å². The second-order valence-corrected chi connectivity index (χ2v) is 5.87. The second-order valence-electron chi connectivity index (χ2n) is 5.49. The molecule has 21 heavy (non-hydrogen) atoms. The average Bonchev–Trinajstić information content (AvgIpc) is 2.85. The minimum atomic E-state index is -0.680. The molecule has 4 heteroatoms. The minimum Gasteiger partial charge on any atom is -0.388 e. The number of halogens is 2. The van der Waals surface area contributed by atoms with E-state index in [1.165, 1.54) is 17.3 Å². The van der Waals surface area contributed by atoms with Crippen LogP contribution in [0.15, 0.2) is 36.4 Å². The molecule has 0 aliphatic carbocycles. The van der Waals surface area contributed by atoms with Gasteiger partial charge in [0.15, 0.2) is 0 Å². The van der Waals surface area contributed by atoms with E-state index in [-0.39, 0.29) is 5.02 Å². The van der Waals surface area contributed by atoms with E-state index in [1.54, 1.807) is 12.1 Å². The molecule has 0 saturated heterocycles. The van der Waals surface area contributed by atoms with Gasteiger partial charge in [-0.25, -0.2) is 4.39 Å². The van der Waals surface area contributed by atoms with Crippen LogP contribution < -0.4 is 4.90 Å². The summed E-state index contributed by atoms with van der Waals surface area (Å²) in [4.78, 5) is 2.20. The molecule has 1 N–H and O–H groups in total. The Hall–Kier alpha value is -1.58. The van der Waals surface area contributed by atoms with Gasteiger partial charge in [0.25, 0.3) is 0 Å². The van der Waals surface area contributed by atoms with Crippen molar-refractivity contribution in [3.8, 4) is 0 Å². The van der Waals surface area contributed by atoms with Crippen molar-refractivity contribution in [1.82, 2.24) is 0 Å². The first kappa shape index (κ1) is 14.4. The first-order valence-corrected chi connectivity index (χ1v) is 7.39. The number of aliphatic hydroxyl groups excluding tert-OH is 1. The lowest BCUT2D eigenvalue weighted by Gasteiger charge is -2.15. The van der Waals surface area contributed by atoms with Gasteiger partial charge in [-0.05, 0) is 35.2 Å². The molecule has 2 aromatic carbocycles. The van der Waals surface area contributed by atoms with E-state index in [1.807, 2.05) is 18.2 Å². The molecular weight excluding hydrogens is 289 g/mol. The van der Waals surface area contributed by atoms with Gasteiger partial charge in [0.05, 0.1) is 11.1 Å². The summed E-state index contributed by atoms with van der Waals surface area (Å²) in [6.45, 7) is 1.00. The fourth-order valence-corrected chi connectivity index (χ4v) is 3.03. The first-order valence-electron chi connectivity index (χ1n) is 7.01. The maximum Gasteiger partial charge on any atom is 0.142 e. The normalized spacial score (nSPS) is 15.1. The second kappa shape index (κ2) is 5.66. The fraction of sp³-hybridized carbons (Fsp3) is 0.294. The zero-order valence-corrected chi connectivity index (χ0v) is 12.6. The van der Waals surface area contributed by atoms with Crippen LogP contribution in [0.1, 0.15) is 22.8 Å². The molecule has 2 aromatic rings. The summed E-state index contributed by atoms with van der Waals surface area (Å²) in [5, 5.41) is 10.5. The molecule has 0 fully saturated rings. The number of aliphatic hydroxyl groups is 1. The molecule has 0 aromatic heterocycles. The maximum absolute atomic E-state index is 13.4. The van der Waals surface area contributed by atoms with E-state index in [2.05, 4.69) is 11.9 Å². The predicted molar refractivity (Wildman–Crippen MR) is 83.5 cm³/mol. The van der Waals surface area contributed by atoms with Gasteiger partial charge in [-0.15, -0.1) is 0 Å². The molecular formula is C17H17ClFNO. The Labute approximate surface area is 128 Å². The monoisotopic (exact) mass is 305 g/mol. The largest absolute Gasteiger partial charge is 0.388 e. The number of benzene rings is 2. The van der Waals surface area contributed by atoms with E-state index >= 15 is 0 Å². The van der Waals surface area contributed by atoms with Gasteiger partial charge >= 0.3 is 0 Å². The van der Waals surface area contributed by atoms with E-state index in [9.17, 15) is 9.50 Å². The Balaban J connectivity index is 1.83. The van der Waals surface area contributed by atoms with Gasteiger partial charge in [-0.2, -0.15) is 0 Å². The molecule has 1 aliphatic heterocycles. The lowest BCUT2D eigenvalue weighted by atomic mass is 9.99. The number of likely N-dealkylation sites (N-methyl/N-ethyl adjacent to an activating group) is 1. The quantitative estimate of drug-likeness (QED) is 0.933. The summed E-state index contributed by atoms with van der Waals surface area (Å²) in [6.07, 6.45) is 0.624. The van der Waals surface area contributed by atoms with Gasteiger partial charge in [0.1, 0.15) is 5.82 Å². The molecule has 1 heterocycles. The lowest BCUT2D eigenvalue weighted by molar-refractivity contribution is 0.178. The number of nitrogens with zero attached hydrogens (tertiary/aromatic N) is 1. The van der Waals surface area contributed by atoms with Crippen LogP contribution in [0, 0.1) is 5.82 Å². The number of hydrogen-bond donors (Lipinski definition) is 1. The van der Waals surface area contributed by atoms with Gasteiger partial charge < -0.3 is 10.0 Å². The summed E-state index contributed by atoms with van der Waals surface area (Å²) >= 11 is 5.94. The number of hydrogen-bond acceptors (Lipinski definition) is 2. The van der Waals surface area contributed by atoms with Crippen molar-refractivity contribution in [2.75, 3.05) is 18.5 Å². The highest BCUT2D eigenvalue weighted by atomic mass is 35.5. The fourth-order valence-electron chi connectivity index (χ4n) is 2.83. The van der Waals surface area contributed by atoms with Crippen molar-refractivity contribution in [1.29, 1.82) is 0 Å². The van der Waals surface area contributed by atoms with Crippen LogP contribution in [0.25, 0.3) is 0 Å². The van der Waals surface area contributed by atoms with Crippen LogP contribution >= 0.6 is 11.6 Å². The molecule has 0 amide bonds. The Morgan fingerprint density at radius 2 is 2.14 bits per heavy atom. The molecule has 2 nitrogen and oxygen atoms in total. The van der Waals surface area contributed by atoms with Crippen molar-refractivity contribution in [2.45, 2.75) is 18.9 Å². The maximum atomic E-state index is 13.4. The third-order valence-electron chi connectivity index (χ3n) is 4.06. The van der Waals surface area contributed by atoms with E-state index in [4.69, 9.17) is 11.6 Å². The van der Waals surface area contributed by atoms with Gasteiger partial charge in [-0.3, -0.25) is 0 Å². The Morgan fingerprint density at radius 1 is 1.33 bits per heavy atom. The van der Waals surface area contributed by atoms with Crippen LogP contribution in [-0.2, 0) is 12.8 Å². The number of fused-ring (bicyclic) bond motifs is 1. The zero-order chi connectivity index (χ0) is 15.0.